The van der Waals surface area contributed by atoms with Gasteiger partial charge in [-0.1, -0.05) is 48.2 Å². The monoisotopic (exact) mass is 531 g/mol. The van der Waals surface area contributed by atoms with Gasteiger partial charge in [0, 0.05) is 18.8 Å². The number of carbonyl (C=O) groups is 1. The molecule has 4 aromatic rings. The van der Waals surface area contributed by atoms with Gasteiger partial charge >= 0.3 is 6.18 Å². The Hall–Kier alpha value is -3.11. The number of hydrogen-bond donors (Lipinski definition) is 0. The average molecular weight is 532 g/mol. The number of thioether (sulfide) groups is 1. The summed E-state index contributed by atoms with van der Waals surface area (Å²) >= 11 is 2.35. The number of benzene rings is 2. The molecule has 2 aromatic carbocycles. The fourth-order valence-electron chi connectivity index (χ4n) is 3.91. The molecule has 5 nitrogen and oxygen atoms in total. The first-order valence-corrected chi connectivity index (χ1v) is 13.2. The molecule has 1 amide bonds. The summed E-state index contributed by atoms with van der Waals surface area (Å²) in [7, 11) is 0. The van der Waals surface area contributed by atoms with Crippen LogP contribution in [0.25, 0.3) is 15.9 Å². The van der Waals surface area contributed by atoms with Gasteiger partial charge in [0.25, 0.3) is 11.5 Å². The molecule has 0 aliphatic rings. The van der Waals surface area contributed by atoms with Crippen LogP contribution in [0.4, 0.5) is 13.2 Å². The molecule has 10 heteroatoms. The Morgan fingerprint density at radius 1 is 1.08 bits per heavy atom. The zero-order valence-electron chi connectivity index (χ0n) is 19.9. The smallest absolute Gasteiger partial charge is 0.338 e. The third-order valence-electron chi connectivity index (χ3n) is 5.82. The van der Waals surface area contributed by atoms with E-state index in [0.717, 1.165) is 12.1 Å². The van der Waals surface area contributed by atoms with Gasteiger partial charge in [0.2, 0.25) is 0 Å². The van der Waals surface area contributed by atoms with Crippen LogP contribution in [-0.2, 0) is 11.9 Å². The molecular weight excluding hydrogens is 507 g/mol. The first-order valence-electron chi connectivity index (χ1n) is 11.4. The minimum atomic E-state index is -4.44. The van der Waals surface area contributed by atoms with E-state index in [1.54, 1.807) is 42.2 Å². The fourth-order valence-corrected chi connectivity index (χ4v) is 6.06. The summed E-state index contributed by atoms with van der Waals surface area (Å²) in [5.41, 5.74) is 0.598. The number of nitrogens with zero attached hydrogens (tertiary/aromatic N) is 3. The quantitative estimate of drug-likeness (QED) is 0.201. The van der Waals surface area contributed by atoms with E-state index in [0.29, 0.717) is 50.2 Å². The lowest BCUT2D eigenvalue weighted by molar-refractivity contribution is -0.137. The highest BCUT2D eigenvalue weighted by Gasteiger charge is 2.30. The number of thiophene rings is 1. The lowest BCUT2D eigenvalue weighted by atomic mass is 10.1. The molecule has 36 heavy (non-hydrogen) atoms. The van der Waals surface area contributed by atoms with Gasteiger partial charge in [-0.15, -0.1) is 11.3 Å². The maximum atomic E-state index is 13.8. The van der Waals surface area contributed by atoms with Gasteiger partial charge in [0.15, 0.2) is 5.16 Å². The molecule has 0 unspecified atom stereocenters. The van der Waals surface area contributed by atoms with Crippen molar-refractivity contribution in [2.45, 2.75) is 37.9 Å². The second kappa shape index (κ2) is 10.5. The number of fused-ring (bicyclic) bond motifs is 1. The van der Waals surface area contributed by atoms with E-state index >= 15 is 0 Å². The Kier molecular flexibility index (Phi) is 7.56. The Bertz CT molecular complexity index is 1460. The largest absolute Gasteiger partial charge is 0.416 e. The minimum Gasteiger partial charge on any atom is -0.338 e. The average Bonchev–Trinajstić information content (AvgIpc) is 3.20. The van der Waals surface area contributed by atoms with Crippen LogP contribution >= 0.6 is 23.1 Å². The van der Waals surface area contributed by atoms with Crippen molar-refractivity contribution in [3.63, 3.8) is 0 Å². The number of amides is 1. The van der Waals surface area contributed by atoms with E-state index in [2.05, 4.69) is 0 Å². The van der Waals surface area contributed by atoms with Crippen LogP contribution in [0, 0.1) is 6.92 Å². The molecule has 0 saturated carbocycles. The predicted octanol–water partition coefficient (Wildman–Crippen LogP) is 6.55. The summed E-state index contributed by atoms with van der Waals surface area (Å²) in [6.07, 6.45) is -4.44. The molecule has 4 rings (SSSR count). The van der Waals surface area contributed by atoms with Crippen LogP contribution in [0.1, 0.15) is 40.2 Å². The highest BCUT2D eigenvalue weighted by molar-refractivity contribution is 7.98. The molecule has 0 N–H and O–H groups in total. The van der Waals surface area contributed by atoms with Crippen molar-refractivity contribution in [1.29, 1.82) is 0 Å². The first-order chi connectivity index (χ1) is 17.2. The van der Waals surface area contributed by atoms with Crippen LogP contribution in [0.2, 0.25) is 0 Å². The Morgan fingerprint density at radius 2 is 1.78 bits per heavy atom. The maximum absolute atomic E-state index is 13.8. The van der Waals surface area contributed by atoms with Crippen molar-refractivity contribution >= 4 is 39.2 Å². The molecule has 2 heterocycles. The van der Waals surface area contributed by atoms with Crippen LogP contribution in [-0.4, -0.2) is 33.4 Å². The molecule has 188 valence electrons. The number of hydrogen-bond acceptors (Lipinski definition) is 5. The number of para-hydroxylation sites is 1. The number of halogens is 3. The van der Waals surface area contributed by atoms with Crippen LogP contribution < -0.4 is 5.56 Å². The van der Waals surface area contributed by atoms with E-state index in [9.17, 15) is 22.8 Å². The lowest BCUT2D eigenvalue weighted by Crippen LogP contribution is -2.30. The molecule has 0 atom stereocenters. The van der Waals surface area contributed by atoms with E-state index < -0.39 is 11.7 Å². The van der Waals surface area contributed by atoms with Gasteiger partial charge in [0.1, 0.15) is 4.83 Å². The van der Waals surface area contributed by atoms with Crippen molar-refractivity contribution in [3.8, 4) is 5.69 Å². The molecule has 0 spiro atoms. The molecule has 2 aromatic heterocycles. The molecule has 0 fully saturated rings. The van der Waals surface area contributed by atoms with Crippen LogP contribution in [0.3, 0.4) is 0 Å². The zero-order chi connectivity index (χ0) is 26.0. The third kappa shape index (κ3) is 5.05. The van der Waals surface area contributed by atoms with E-state index in [-0.39, 0.29) is 17.2 Å². The van der Waals surface area contributed by atoms with E-state index in [4.69, 9.17) is 4.98 Å². The third-order valence-corrected chi connectivity index (χ3v) is 8.00. The highest BCUT2D eigenvalue weighted by Crippen LogP contribution is 2.33. The molecule has 0 radical (unpaired) electrons. The normalized spacial score (nSPS) is 11.7. The van der Waals surface area contributed by atoms with Crippen LogP contribution in [0.15, 0.2) is 64.5 Å². The van der Waals surface area contributed by atoms with Gasteiger partial charge in [-0.05, 0) is 50.1 Å². The van der Waals surface area contributed by atoms with Crippen molar-refractivity contribution in [2.24, 2.45) is 0 Å². The van der Waals surface area contributed by atoms with Gasteiger partial charge in [0.05, 0.1) is 21.5 Å². The number of carbonyl (C=O) groups excluding carboxylic acids is 1. The molecule has 0 aliphatic carbocycles. The maximum Gasteiger partial charge on any atom is 0.416 e. The second-order valence-corrected chi connectivity index (χ2v) is 10.0. The minimum absolute atomic E-state index is 0.149. The Labute approximate surface area is 214 Å². The number of rotatable bonds is 7. The summed E-state index contributed by atoms with van der Waals surface area (Å²) in [6.45, 7) is 6.63. The number of aromatic nitrogens is 2. The summed E-state index contributed by atoms with van der Waals surface area (Å²) in [5, 5.41) is 0.724. The summed E-state index contributed by atoms with van der Waals surface area (Å²) in [5.74, 6) is 0.0360. The van der Waals surface area contributed by atoms with Crippen LogP contribution in [0.5, 0.6) is 0 Å². The van der Waals surface area contributed by atoms with Gasteiger partial charge in [-0.3, -0.25) is 14.2 Å². The van der Waals surface area contributed by atoms with Gasteiger partial charge in [-0.25, -0.2) is 4.98 Å². The van der Waals surface area contributed by atoms with E-state index in [1.807, 2.05) is 19.9 Å². The fraction of sp³-hybridized carbons (Fsp3) is 0.269. The first kappa shape index (κ1) is 26.0. The van der Waals surface area contributed by atoms with Gasteiger partial charge in [-0.2, -0.15) is 13.2 Å². The summed E-state index contributed by atoms with van der Waals surface area (Å²) < 4.78 is 41.0. The molecule has 0 aliphatic heterocycles. The number of aryl methyl sites for hydroxylation is 1. The van der Waals surface area contributed by atoms with Crippen molar-refractivity contribution < 1.29 is 18.0 Å². The topological polar surface area (TPSA) is 55.2 Å². The SMILES string of the molecule is CCN(CC)C(=O)c1sc2nc(SCc3cccc(C(F)(F)F)c3)n(-c3ccccc3)c(=O)c2c1C. The Morgan fingerprint density at radius 3 is 2.42 bits per heavy atom. The zero-order valence-corrected chi connectivity index (χ0v) is 21.6. The summed E-state index contributed by atoms with van der Waals surface area (Å²) in [4.78, 5) is 34.2. The standard InChI is InChI=1S/C26H24F3N3O2S2/c1-4-31(5-2)24(34)21-16(3)20-22(36-21)30-25(32(23(20)33)19-12-7-6-8-13-19)35-15-17-10-9-11-18(14-17)26(27,28)29/h6-14H,4-5,15H2,1-3H3. The van der Waals surface area contributed by atoms with Crippen molar-refractivity contribution in [3.05, 3.63) is 86.5 Å². The van der Waals surface area contributed by atoms with E-state index in [1.165, 1.54) is 33.7 Å². The summed E-state index contributed by atoms with van der Waals surface area (Å²) in [6, 6.07) is 14.1. The molecule has 0 bridgehead atoms. The predicted molar refractivity (Wildman–Crippen MR) is 138 cm³/mol. The second-order valence-electron chi connectivity index (χ2n) is 8.07. The van der Waals surface area contributed by atoms with Crippen molar-refractivity contribution in [1.82, 2.24) is 14.5 Å². The molecular formula is C26H24F3N3O2S2. The highest BCUT2D eigenvalue weighted by atomic mass is 32.2. The van der Waals surface area contributed by atoms with Gasteiger partial charge < -0.3 is 4.90 Å². The molecule has 0 saturated heterocycles. The van der Waals surface area contributed by atoms with Crippen molar-refractivity contribution in [2.75, 3.05) is 13.1 Å². The Balaban J connectivity index is 1.83. The number of alkyl halides is 3. The lowest BCUT2D eigenvalue weighted by Gasteiger charge is -2.17.